The van der Waals surface area contributed by atoms with Gasteiger partial charge in [0, 0.05) is 18.6 Å². The van der Waals surface area contributed by atoms with Crippen molar-refractivity contribution in [1.82, 2.24) is 15.5 Å². The van der Waals surface area contributed by atoms with Gasteiger partial charge in [0.25, 0.3) is 0 Å². The molecule has 0 bridgehead atoms. The maximum Gasteiger partial charge on any atom is 0.315 e. The molecule has 6 nitrogen and oxygen atoms in total. The van der Waals surface area contributed by atoms with Crippen LogP contribution in [-0.2, 0) is 4.79 Å². The van der Waals surface area contributed by atoms with Crippen molar-refractivity contribution in [1.29, 1.82) is 0 Å². The second kappa shape index (κ2) is 8.09. The van der Waals surface area contributed by atoms with Gasteiger partial charge in [-0.1, -0.05) is 20.8 Å². The molecule has 6 heteroatoms. The van der Waals surface area contributed by atoms with E-state index in [4.69, 9.17) is 5.11 Å². The smallest absolute Gasteiger partial charge is 0.315 e. The Morgan fingerprint density at radius 2 is 2.10 bits per heavy atom. The van der Waals surface area contributed by atoms with Gasteiger partial charge in [0.2, 0.25) is 0 Å². The predicted molar refractivity (Wildman–Crippen MR) is 77.7 cm³/mol. The molecule has 0 aromatic rings. The largest absolute Gasteiger partial charge is 0.481 e. The number of carboxylic acid groups (broad SMARTS) is 1. The lowest BCUT2D eigenvalue weighted by atomic mass is 10.0. The second-order valence-corrected chi connectivity index (χ2v) is 5.80. The first kappa shape index (κ1) is 16.8. The molecule has 0 aliphatic carbocycles. The number of carboxylic acids is 1. The van der Waals surface area contributed by atoms with Gasteiger partial charge in [-0.15, -0.1) is 0 Å². The fourth-order valence-electron chi connectivity index (χ4n) is 2.50. The Morgan fingerprint density at radius 1 is 1.40 bits per heavy atom. The lowest BCUT2D eigenvalue weighted by molar-refractivity contribution is -0.137. The predicted octanol–water partition coefficient (Wildman–Crippen LogP) is 1.27. The van der Waals surface area contributed by atoms with E-state index in [2.05, 4.69) is 22.5 Å². The van der Waals surface area contributed by atoms with E-state index in [1.54, 1.807) is 0 Å². The van der Waals surface area contributed by atoms with Gasteiger partial charge >= 0.3 is 12.0 Å². The number of amides is 2. The minimum absolute atomic E-state index is 0.0448. The fraction of sp³-hybridized carbons (Fsp3) is 0.857. The zero-order valence-corrected chi connectivity index (χ0v) is 12.7. The molecule has 0 spiro atoms. The van der Waals surface area contributed by atoms with Crippen LogP contribution in [0.2, 0.25) is 0 Å². The summed E-state index contributed by atoms with van der Waals surface area (Å²) >= 11 is 0. The molecule has 1 rings (SSSR count). The van der Waals surface area contributed by atoms with E-state index >= 15 is 0 Å². The lowest BCUT2D eigenvalue weighted by Crippen LogP contribution is -2.53. The number of aliphatic carboxylic acids is 1. The van der Waals surface area contributed by atoms with Gasteiger partial charge in [-0.3, -0.25) is 4.79 Å². The van der Waals surface area contributed by atoms with Crippen LogP contribution in [0.5, 0.6) is 0 Å². The van der Waals surface area contributed by atoms with E-state index in [1.165, 1.54) is 0 Å². The Morgan fingerprint density at radius 3 is 2.65 bits per heavy atom. The topological polar surface area (TPSA) is 81.7 Å². The average molecular weight is 285 g/mol. The molecule has 116 valence electrons. The molecule has 1 fully saturated rings. The minimum atomic E-state index is -0.890. The fourth-order valence-corrected chi connectivity index (χ4v) is 2.50. The van der Waals surface area contributed by atoms with Crippen molar-refractivity contribution < 1.29 is 14.7 Å². The van der Waals surface area contributed by atoms with Crippen LogP contribution in [0, 0.1) is 5.92 Å². The summed E-state index contributed by atoms with van der Waals surface area (Å²) in [5.41, 5.74) is 0. The molecule has 1 saturated heterocycles. The third kappa shape index (κ3) is 5.77. The third-order valence-corrected chi connectivity index (χ3v) is 3.80. The molecular formula is C14H27N3O3. The van der Waals surface area contributed by atoms with Crippen LogP contribution in [0.1, 0.15) is 40.0 Å². The molecule has 3 N–H and O–H groups in total. The minimum Gasteiger partial charge on any atom is -0.481 e. The number of urea groups is 1. The van der Waals surface area contributed by atoms with Crippen LogP contribution in [0.15, 0.2) is 0 Å². The van der Waals surface area contributed by atoms with E-state index in [0.717, 1.165) is 32.5 Å². The SMILES string of the molecule is CCN1CCCC(NC(=O)NC(CC(=O)O)C(C)C)C1. The Hall–Kier alpha value is -1.30. The molecule has 2 atom stereocenters. The summed E-state index contributed by atoms with van der Waals surface area (Å²) in [6, 6.07) is -0.437. The molecule has 0 radical (unpaired) electrons. The van der Waals surface area contributed by atoms with Crippen molar-refractivity contribution in [2.24, 2.45) is 5.92 Å². The Labute approximate surface area is 120 Å². The first-order valence-corrected chi connectivity index (χ1v) is 7.43. The zero-order valence-electron chi connectivity index (χ0n) is 12.7. The second-order valence-electron chi connectivity index (χ2n) is 5.80. The highest BCUT2D eigenvalue weighted by molar-refractivity contribution is 5.76. The van der Waals surface area contributed by atoms with Crippen molar-refractivity contribution in [3.05, 3.63) is 0 Å². The number of nitrogens with one attached hydrogen (secondary N) is 2. The average Bonchev–Trinajstić information content (AvgIpc) is 2.37. The molecule has 20 heavy (non-hydrogen) atoms. The number of nitrogens with zero attached hydrogens (tertiary/aromatic N) is 1. The molecule has 0 aromatic carbocycles. The molecule has 1 heterocycles. The molecule has 0 aromatic heterocycles. The van der Waals surface area contributed by atoms with Gasteiger partial charge in [-0.25, -0.2) is 4.79 Å². The molecule has 2 amide bonds. The van der Waals surface area contributed by atoms with Crippen molar-refractivity contribution in [3.8, 4) is 0 Å². The van der Waals surface area contributed by atoms with Gasteiger partial charge < -0.3 is 20.6 Å². The molecule has 0 saturated carbocycles. The first-order chi connectivity index (χ1) is 9.42. The zero-order chi connectivity index (χ0) is 15.1. The van der Waals surface area contributed by atoms with Crippen LogP contribution in [0.4, 0.5) is 4.79 Å². The van der Waals surface area contributed by atoms with Crippen LogP contribution < -0.4 is 10.6 Å². The van der Waals surface area contributed by atoms with Crippen molar-refractivity contribution >= 4 is 12.0 Å². The number of hydrogen-bond donors (Lipinski definition) is 3. The van der Waals surface area contributed by atoms with Gasteiger partial charge in [-0.05, 0) is 31.8 Å². The van der Waals surface area contributed by atoms with Crippen LogP contribution >= 0.6 is 0 Å². The molecular weight excluding hydrogens is 258 g/mol. The third-order valence-electron chi connectivity index (χ3n) is 3.80. The van der Waals surface area contributed by atoms with E-state index < -0.39 is 5.97 Å². The highest BCUT2D eigenvalue weighted by atomic mass is 16.4. The van der Waals surface area contributed by atoms with Crippen molar-refractivity contribution in [2.75, 3.05) is 19.6 Å². The highest BCUT2D eigenvalue weighted by Gasteiger charge is 2.23. The number of hydrogen-bond acceptors (Lipinski definition) is 3. The van der Waals surface area contributed by atoms with E-state index in [-0.39, 0.29) is 30.5 Å². The maximum atomic E-state index is 12.0. The molecule has 1 aliphatic rings. The summed E-state index contributed by atoms with van der Waals surface area (Å²) in [5.74, 6) is -0.797. The van der Waals surface area contributed by atoms with E-state index in [9.17, 15) is 9.59 Å². The summed E-state index contributed by atoms with van der Waals surface area (Å²) in [5, 5.41) is 14.6. The molecule has 2 unspecified atom stereocenters. The summed E-state index contributed by atoms with van der Waals surface area (Å²) < 4.78 is 0. The summed E-state index contributed by atoms with van der Waals surface area (Å²) in [6.07, 6.45) is 2.02. The van der Waals surface area contributed by atoms with Crippen LogP contribution in [-0.4, -0.2) is 53.7 Å². The van der Waals surface area contributed by atoms with Gasteiger partial charge in [0.05, 0.1) is 6.42 Å². The summed E-state index contributed by atoms with van der Waals surface area (Å²) in [7, 11) is 0. The van der Waals surface area contributed by atoms with E-state index in [1.807, 2.05) is 13.8 Å². The summed E-state index contributed by atoms with van der Waals surface area (Å²) in [4.78, 5) is 25.1. The maximum absolute atomic E-state index is 12.0. The monoisotopic (exact) mass is 285 g/mol. The first-order valence-electron chi connectivity index (χ1n) is 7.43. The highest BCUT2D eigenvalue weighted by Crippen LogP contribution is 2.10. The standard InChI is InChI=1S/C14H27N3O3/c1-4-17-7-5-6-11(9-17)15-14(20)16-12(10(2)3)8-13(18)19/h10-12H,4-9H2,1-3H3,(H,18,19)(H2,15,16,20). The normalized spacial score (nSPS) is 21.5. The number of carbonyl (C=O) groups excluding carboxylic acids is 1. The Bertz CT molecular complexity index is 334. The van der Waals surface area contributed by atoms with Gasteiger partial charge in [-0.2, -0.15) is 0 Å². The lowest BCUT2D eigenvalue weighted by Gasteiger charge is -2.32. The Balaban J connectivity index is 2.42. The quantitative estimate of drug-likeness (QED) is 0.686. The van der Waals surface area contributed by atoms with Gasteiger partial charge in [0.15, 0.2) is 0 Å². The number of likely N-dealkylation sites (N-methyl/N-ethyl adjacent to an activating group) is 1. The van der Waals surface area contributed by atoms with Crippen LogP contribution in [0.3, 0.4) is 0 Å². The summed E-state index contributed by atoms with van der Waals surface area (Å²) in [6.45, 7) is 8.89. The number of rotatable bonds is 6. The number of likely N-dealkylation sites (tertiary alicyclic amines) is 1. The van der Waals surface area contributed by atoms with Crippen LogP contribution in [0.25, 0.3) is 0 Å². The molecule has 1 aliphatic heterocycles. The number of piperidine rings is 1. The Kier molecular flexibility index (Phi) is 6.78. The van der Waals surface area contributed by atoms with Gasteiger partial charge in [0.1, 0.15) is 0 Å². The van der Waals surface area contributed by atoms with E-state index in [0.29, 0.717) is 0 Å². The number of carbonyl (C=O) groups is 2. The van der Waals surface area contributed by atoms with Crippen molar-refractivity contribution in [3.63, 3.8) is 0 Å². The van der Waals surface area contributed by atoms with Crippen molar-refractivity contribution in [2.45, 2.75) is 52.1 Å².